The summed E-state index contributed by atoms with van der Waals surface area (Å²) in [7, 11) is 0. The average molecular weight is 331 g/mol. The average Bonchev–Trinajstić information content (AvgIpc) is 2.55. The Kier molecular flexibility index (Phi) is 5.41. The summed E-state index contributed by atoms with van der Waals surface area (Å²) in [6.45, 7) is 5.39. The number of aryl methyl sites for hydroxylation is 3. The molecule has 0 fully saturated rings. The number of esters is 1. The van der Waals surface area contributed by atoms with Crippen LogP contribution in [0.5, 0.6) is 0 Å². The van der Waals surface area contributed by atoms with E-state index < -0.39 is 11.1 Å². The molecule has 8 heteroatoms. The molecule has 1 aromatic carbocycles. The third-order valence-electron chi connectivity index (χ3n) is 3.45. The van der Waals surface area contributed by atoms with E-state index in [1.54, 1.807) is 12.1 Å². The van der Waals surface area contributed by atoms with Crippen LogP contribution in [-0.2, 0) is 22.8 Å². The lowest BCUT2D eigenvalue weighted by Crippen LogP contribution is -2.09. The number of rotatable bonds is 6. The standard InChI is InChI=1S/C16H17N3O5/c1-10-11(2)18-15(12(3)17-10)9-23-16(20)14-6-4-13(5-7-14)8-24-19(21)22/h4-7H,8-9H2,1-3H3. The topological polar surface area (TPSA) is 104 Å². The van der Waals surface area contributed by atoms with Gasteiger partial charge in [-0.15, -0.1) is 10.1 Å². The fraction of sp³-hybridized carbons (Fsp3) is 0.312. The summed E-state index contributed by atoms with van der Waals surface area (Å²) in [4.78, 5) is 35.2. The van der Waals surface area contributed by atoms with E-state index in [1.807, 2.05) is 20.8 Å². The Labute approximate surface area is 138 Å². The van der Waals surface area contributed by atoms with E-state index in [9.17, 15) is 14.9 Å². The summed E-state index contributed by atoms with van der Waals surface area (Å²) in [6, 6.07) is 6.20. The van der Waals surface area contributed by atoms with Gasteiger partial charge in [-0.3, -0.25) is 9.97 Å². The van der Waals surface area contributed by atoms with E-state index in [1.165, 1.54) is 12.1 Å². The van der Waals surface area contributed by atoms with E-state index >= 15 is 0 Å². The van der Waals surface area contributed by atoms with Crippen LogP contribution in [0.2, 0.25) is 0 Å². The molecular weight excluding hydrogens is 314 g/mol. The first kappa shape index (κ1) is 17.3. The Bertz CT molecular complexity index is 759. The monoisotopic (exact) mass is 331 g/mol. The highest BCUT2D eigenvalue weighted by Gasteiger charge is 2.11. The maximum absolute atomic E-state index is 12.0. The first-order chi connectivity index (χ1) is 11.4. The van der Waals surface area contributed by atoms with E-state index in [-0.39, 0.29) is 13.2 Å². The highest BCUT2D eigenvalue weighted by Crippen LogP contribution is 2.11. The van der Waals surface area contributed by atoms with Crippen molar-refractivity contribution in [2.45, 2.75) is 34.0 Å². The molecule has 8 nitrogen and oxygen atoms in total. The minimum absolute atomic E-state index is 0.0327. The van der Waals surface area contributed by atoms with Crippen LogP contribution in [0.25, 0.3) is 0 Å². The normalized spacial score (nSPS) is 10.3. The van der Waals surface area contributed by atoms with Crippen LogP contribution in [0.4, 0.5) is 0 Å². The van der Waals surface area contributed by atoms with Gasteiger partial charge in [-0.1, -0.05) is 12.1 Å². The summed E-state index contributed by atoms with van der Waals surface area (Å²) >= 11 is 0. The molecule has 0 bridgehead atoms. The number of nitrogens with zero attached hydrogens (tertiary/aromatic N) is 3. The second-order valence-electron chi connectivity index (χ2n) is 5.20. The van der Waals surface area contributed by atoms with Crippen molar-refractivity contribution in [3.8, 4) is 0 Å². The van der Waals surface area contributed by atoms with E-state index in [4.69, 9.17) is 4.74 Å². The Hall–Kier alpha value is -3.03. The van der Waals surface area contributed by atoms with Crippen molar-refractivity contribution in [3.63, 3.8) is 0 Å². The number of aromatic nitrogens is 2. The van der Waals surface area contributed by atoms with Crippen LogP contribution < -0.4 is 0 Å². The van der Waals surface area contributed by atoms with Gasteiger partial charge in [0, 0.05) is 0 Å². The van der Waals surface area contributed by atoms with Crippen LogP contribution in [0, 0.1) is 30.9 Å². The van der Waals surface area contributed by atoms with Gasteiger partial charge in [0.25, 0.3) is 5.09 Å². The molecule has 0 saturated carbocycles. The molecule has 0 aliphatic heterocycles. The summed E-state index contributed by atoms with van der Waals surface area (Å²) in [6.07, 6.45) is 0. The third-order valence-corrected chi connectivity index (χ3v) is 3.45. The lowest BCUT2D eigenvalue weighted by Gasteiger charge is -2.09. The number of hydrogen-bond donors (Lipinski definition) is 0. The molecule has 2 rings (SSSR count). The largest absolute Gasteiger partial charge is 0.456 e. The summed E-state index contributed by atoms with van der Waals surface area (Å²) < 4.78 is 5.25. The first-order valence-corrected chi connectivity index (χ1v) is 7.21. The molecule has 0 atom stereocenters. The summed E-state index contributed by atoms with van der Waals surface area (Å²) in [5.41, 5.74) is 3.89. The molecule has 0 aliphatic rings. The van der Waals surface area contributed by atoms with Gasteiger partial charge < -0.3 is 9.57 Å². The predicted octanol–water partition coefficient (Wildman–Crippen LogP) is 2.47. The maximum Gasteiger partial charge on any atom is 0.338 e. The SMILES string of the molecule is Cc1nc(C)c(COC(=O)c2ccc(CO[N+](=O)[O-])cc2)nc1C. The van der Waals surface area contributed by atoms with Gasteiger partial charge in [-0.05, 0) is 38.5 Å². The van der Waals surface area contributed by atoms with Crippen molar-refractivity contribution in [2.24, 2.45) is 0 Å². The van der Waals surface area contributed by atoms with Gasteiger partial charge in [0.1, 0.15) is 13.2 Å². The van der Waals surface area contributed by atoms with E-state index in [0.29, 0.717) is 16.8 Å². The predicted molar refractivity (Wildman–Crippen MR) is 83.6 cm³/mol. The van der Waals surface area contributed by atoms with Crippen molar-refractivity contribution in [3.05, 3.63) is 68.3 Å². The van der Waals surface area contributed by atoms with Crippen LogP contribution in [0.1, 0.15) is 38.7 Å². The second kappa shape index (κ2) is 7.49. The quantitative estimate of drug-likeness (QED) is 0.455. The van der Waals surface area contributed by atoms with Crippen LogP contribution >= 0.6 is 0 Å². The van der Waals surface area contributed by atoms with Gasteiger partial charge >= 0.3 is 5.97 Å². The fourth-order valence-corrected chi connectivity index (χ4v) is 1.98. The summed E-state index contributed by atoms with van der Waals surface area (Å²) in [5, 5.41) is 9.27. The fourth-order valence-electron chi connectivity index (χ4n) is 1.98. The van der Waals surface area contributed by atoms with Gasteiger partial charge in [0.15, 0.2) is 0 Å². The van der Waals surface area contributed by atoms with Crippen molar-refractivity contribution in [1.29, 1.82) is 0 Å². The molecule has 1 heterocycles. The van der Waals surface area contributed by atoms with Crippen molar-refractivity contribution >= 4 is 5.97 Å². The Morgan fingerprint density at radius 1 is 1.04 bits per heavy atom. The van der Waals surface area contributed by atoms with Crippen molar-refractivity contribution in [2.75, 3.05) is 0 Å². The van der Waals surface area contributed by atoms with Crippen molar-refractivity contribution in [1.82, 2.24) is 9.97 Å². The minimum Gasteiger partial charge on any atom is -0.456 e. The Morgan fingerprint density at radius 2 is 1.67 bits per heavy atom. The molecule has 1 aromatic heterocycles. The molecule has 0 spiro atoms. The zero-order valence-corrected chi connectivity index (χ0v) is 13.6. The second-order valence-corrected chi connectivity index (χ2v) is 5.20. The van der Waals surface area contributed by atoms with Crippen LogP contribution in [0.3, 0.4) is 0 Å². The Morgan fingerprint density at radius 3 is 2.29 bits per heavy atom. The van der Waals surface area contributed by atoms with E-state index in [0.717, 1.165) is 17.1 Å². The maximum atomic E-state index is 12.0. The van der Waals surface area contributed by atoms with Crippen LogP contribution in [-0.4, -0.2) is 21.0 Å². The smallest absolute Gasteiger partial charge is 0.338 e. The molecule has 2 aromatic rings. The highest BCUT2D eigenvalue weighted by atomic mass is 16.9. The highest BCUT2D eigenvalue weighted by molar-refractivity contribution is 5.89. The molecular formula is C16H17N3O5. The van der Waals surface area contributed by atoms with Gasteiger partial charge in [0.05, 0.1) is 28.3 Å². The van der Waals surface area contributed by atoms with Crippen LogP contribution in [0.15, 0.2) is 24.3 Å². The molecule has 0 N–H and O–H groups in total. The number of hydrogen-bond acceptors (Lipinski definition) is 7. The molecule has 0 saturated heterocycles. The molecule has 0 amide bonds. The molecule has 0 aliphatic carbocycles. The summed E-state index contributed by atoms with van der Waals surface area (Å²) in [5.74, 6) is -0.504. The number of benzene rings is 1. The van der Waals surface area contributed by atoms with Gasteiger partial charge in [-0.2, -0.15) is 0 Å². The zero-order chi connectivity index (χ0) is 17.7. The third kappa shape index (κ3) is 4.48. The number of ether oxygens (including phenoxy) is 1. The number of carbonyl (C=O) groups is 1. The molecule has 0 unspecified atom stereocenters. The first-order valence-electron chi connectivity index (χ1n) is 7.21. The molecule has 24 heavy (non-hydrogen) atoms. The lowest BCUT2D eigenvalue weighted by molar-refractivity contribution is -0.763. The van der Waals surface area contributed by atoms with Gasteiger partial charge in [0.2, 0.25) is 0 Å². The van der Waals surface area contributed by atoms with Crippen molar-refractivity contribution < 1.29 is 19.5 Å². The zero-order valence-electron chi connectivity index (χ0n) is 13.6. The minimum atomic E-state index is -0.866. The lowest BCUT2D eigenvalue weighted by atomic mass is 10.1. The number of carbonyl (C=O) groups excluding carboxylic acids is 1. The van der Waals surface area contributed by atoms with E-state index in [2.05, 4.69) is 14.8 Å². The Balaban J connectivity index is 1.97. The molecule has 0 radical (unpaired) electrons. The van der Waals surface area contributed by atoms with Gasteiger partial charge in [-0.25, -0.2) is 4.79 Å². The molecule has 126 valence electrons.